The highest BCUT2D eigenvalue weighted by Gasteiger charge is 2.34. The highest BCUT2D eigenvalue weighted by molar-refractivity contribution is 7.74. The summed E-state index contributed by atoms with van der Waals surface area (Å²) in [7, 11) is -3.62. The lowest BCUT2D eigenvalue weighted by molar-refractivity contribution is -0.137. The first kappa shape index (κ1) is 19.9. The molecule has 0 spiro atoms. The minimum absolute atomic E-state index is 0.0139. The van der Waals surface area contributed by atoms with Crippen LogP contribution in [-0.4, -0.2) is 5.71 Å². The molecule has 0 aliphatic rings. The van der Waals surface area contributed by atoms with Gasteiger partial charge in [0.1, 0.15) is 0 Å². The predicted molar refractivity (Wildman–Crippen MR) is 104 cm³/mol. The summed E-state index contributed by atoms with van der Waals surface area (Å²) in [6.07, 6.45) is -4.53. The summed E-state index contributed by atoms with van der Waals surface area (Å²) in [6.45, 7) is 1.39. The molecule has 3 aromatic rings. The standard InChI is InChI=1S/C21H17F3NO2P/c1-16(19-14-8-9-15-20(19)21(22,23)24)25-27-28(26,17-10-4-2-5-11-17)18-12-6-3-7-13-18/h2-15H,1H3/b25-16+. The molecular formula is C21H17F3NO2P. The number of alkyl halides is 3. The van der Waals surface area contributed by atoms with E-state index in [1.54, 1.807) is 60.7 Å². The van der Waals surface area contributed by atoms with Gasteiger partial charge in [-0.3, -0.25) is 4.57 Å². The minimum atomic E-state index is -4.53. The number of oxime groups is 1. The number of rotatable bonds is 5. The van der Waals surface area contributed by atoms with Crippen LogP contribution in [0.5, 0.6) is 0 Å². The average molecular weight is 403 g/mol. The van der Waals surface area contributed by atoms with Crippen molar-refractivity contribution < 1.29 is 22.4 Å². The van der Waals surface area contributed by atoms with Crippen LogP contribution >= 0.6 is 7.37 Å². The van der Waals surface area contributed by atoms with Gasteiger partial charge in [-0.05, 0) is 37.3 Å². The lowest BCUT2D eigenvalue weighted by Gasteiger charge is -2.17. The van der Waals surface area contributed by atoms with Gasteiger partial charge in [-0.15, -0.1) is 0 Å². The summed E-state index contributed by atoms with van der Waals surface area (Å²) in [6, 6.07) is 22.0. The number of nitrogens with zero attached hydrogens (tertiary/aromatic N) is 1. The minimum Gasteiger partial charge on any atom is -0.330 e. The fraction of sp³-hybridized carbons (Fsp3) is 0.0952. The van der Waals surface area contributed by atoms with Gasteiger partial charge in [-0.25, -0.2) is 0 Å². The molecule has 0 N–H and O–H groups in total. The first-order valence-corrected chi connectivity index (χ1v) is 10.1. The van der Waals surface area contributed by atoms with Crippen LogP contribution in [0.1, 0.15) is 18.1 Å². The van der Waals surface area contributed by atoms with E-state index in [9.17, 15) is 17.7 Å². The Hall–Kier alpha value is -2.85. The van der Waals surface area contributed by atoms with E-state index in [0.29, 0.717) is 10.6 Å². The molecule has 3 aromatic carbocycles. The molecule has 0 fully saturated rings. The number of benzene rings is 3. The molecule has 3 rings (SSSR count). The molecule has 7 heteroatoms. The summed E-state index contributed by atoms with van der Waals surface area (Å²) in [4.78, 5) is 0. The van der Waals surface area contributed by atoms with Gasteiger partial charge in [0.15, 0.2) is 0 Å². The van der Waals surface area contributed by atoms with Crippen molar-refractivity contribution in [2.45, 2.75) is 13.1 Å². The van der Waals surface area contributed by atoms with Gasteiger partial charge >= 0.3 is 13.5 Å². The lowest BCUT2D eigenvalue weighted by Crippen LogP contribution is -2.17. The lowest BCUT2D eigenvalue weighted by atomic mass is 10.0. The van der Waals surface area contributed by atoms with Crippen LogP contribution in [-0.2, 0) is 15.4 Å². The van der Waals surface area contributed by atoms with Crippen molar-refractivity contribution in [1.29, 1.82) is 0 Å². The molecule has 144 valence electrons. The van der Waals surface area contributed by atoms with E-state index < -0.39 is 19.1 Å². The third kappa shape index (κ3) is 4.18. The fourth-order valence-electron chi connectivity index (χ4n) is 2.71. The summed E-state index contributed by atoms with van der Waals surface area (Å²) in [5.41, 5.74) is -0.961. The Kier molecular flexibility index (Phi) is 5.71. The van der Waals surface area contributed by atoms with Gasteiger partial charge in [0, 0.05) is 5.56 Å². The zero-order valence-corrected chi connectivity index (χ0v) is 15.8. The zero-order chi connectivity index (χ0) is 20.2. The molecule has 0 saturated heterocycles. The Morgan fingerprint density at radius 3 is 1.79 bits per heavy atom. The zero-order valence-electron chi connectivity index (χ0n) is 14.9. The largest absolute Gasteiger partial charge is 0.417 e. The van der Waals surface area contributed by atoms with Crippen LogP contribution < -0.4 is 10.6 Å². The van der Waals surface area contributed by atoms with Crippen LogP contribution in [0.4, 0.5) is 13.2 Å². The topological polar surface area (TPSA) is 38.7 Å². The van der Waals surface area contributed by atoms with Crippen LogP contribution in [0.25, 0.3) is 0 Å². The number of hydrogen-bond donors (Lipinski definition) is 0. The van der Waals surface area contributed by atoms with Crippen LogP contribution in [0.3, 0.4) is 0 Å². The molecule has 0 unspecified atom stereocenters. The maximum Gasteiger partial charge on any atom is 0.417 e. The van der Waals surface area contributed by atoms with E-state index in [-0.39, 0.29) is 11.3 Å². The van der Waals surface area contributed by atoms with E-state index in [0.717, 1.165) is 6.07 Å². The normalized spacial score (nSPS) is 12.6. The van der Waals surface area contributed by atoms with E-state index in [1.165, 1.54) is 25.1 Å². The molecule has 0 aliphatic carbocycles. The van der Waals surface area contributed by atoms with Crippen LogP contribution in [0.15, 0.2) is 90.1 Å². The predicted octanol–water partition coefficient (Wildman–Crippen LogP) is 5.38. The fourth-order valence-corrected chi connectivity index (χ4v) is 4.56. The Bertz CT molecular complexity index is 975. The molecule has 0 aliphatic heterocycles. The highest BCUT2D eigenvalue weighted by Crippen LogP contribution is 2.45. The average Bonchev–Trinajstić information content (AvgIpc) is 2.72. The van der Waals surface area contributed by atoms with Gasteiger partial charge in [0.25, 0.3) is 0 Å². The maximum atomic E-state index is 13.7. The monoisotopic (exact) mass is 403 g/mol. The van der Waals surface area contributed by atoms with Crippen molar-refractivity contribution in [3.63, 3.8) is 0 Å². The molecule has 0 amide bonds. The number of hydrogen-bond acceptors (Lipinski definition) is 3. The van der Waals surface area contributed by atoms with Crippen molar-refractivity contribution in [3.05, 3.63) is 96.1 Å². The van der Waals surface area contributed by atoms with E-state index in [4.69, 9.17) is 4.62 Å². The van der Waals surface area contributed by atoms with Gasteiger partial charge in [-0.1, -0.05) is 59.8 Å². The molecule has 0 radical (unpaired) electrons. The first-order valence-electron chi connectivity index (χ1n) is 8.43. The first-order chi connectivity index (χ1) is 13.3. The quantitative estimate of drug-likeness (QED) is 0.326. The Morgan fingerprint density at radius 2 is 1.29 bits per heavy atom. The third-order valence-corrected chi connectivity index (χ3v) is 6.37. The Balaban J connectivity index is 2.03. The smallest absolute Gasteiger partial charge is 0.330 e. The SMILES string of the molecule is C/C(=N\OP(=O)(c1ccccc1)c1ccccc1)c1ccccc1C(F)(F)F. The van der Waals surface area contributed by atoms with Crippen molar-refractivity contribution in [3.8, 4) is 0 Å². The highest BCUT2D eigenvalue weighted by atomic mass is 31.2. The van der Waals surface area contributed by atoms with Crippen molar-refractivity contribution in [1.82, 2.24) is 0 Å². The molecule has 0 atom stereocenters. The molecule has 0 bridgehead atoms. The molecule has 0 heterocycles. The van der Waals surface area contributed by atoms with Crippen LogP contribution in [0, 0.1) is 0 Å². The molecular weight excluding hydrogens is 386 g/mol. The van der Waals surface area contributed by atoms with Crippen molar-refractivity contribution >= 4 is 23.7 Å². The summed E-state index contributed by atoms with van der Waals surface area (Å²) < 4.78 is 58.9. The summed E-state index contributed by atoms with van der Waals surface area (Å²) in [5, 5.41) is 4.66. The molecule has 3 nitrogen and oxygen atoms in total. The Labute approximate surface area is 160 Å². The van der Waals surface area contributed by atoms with Crippen molar-refractivity contribution in [2.24, 2.45) is 5.16 Å². The molecule has 0 aromatic heterocycles. The second-order valence-corrected chi connectivity index (χ2v) is 8.32. The third-order valence-electron chi connectivity index (χ3n) is 4.11. The van der Waals surface area contributed by atoms with E-state index in [2.05, 4.69) is 5.16 Å². The van der Waals surface area contributed by atoms with Crippen LogP contribution in [0.2, 0.25) is 0 Å². The second-order valence-electron chi connectivity index (χ2n) is 6.02. The van der Waals surface area contributed by atoms with Gasteiger partial charge in [0.2, 0.25) is 0 Å². The second kappa shape index (κ2) is 8.03. The number of halogens is 3. The maximum absolute atomic E-state index is 13.7. The van der Waals surface area contributed by atoms with Gasteiger partial charge in [-0.2, -0.15) is 13.2 Å². The Morgan fingerprint density at radius 1 is 0.821 bits per heavy atom. The molecule has 0 saturated carbocycles. The van der Waals surface area contributed by atoms with Gasteiger partial charge < -0.3 is 4.62 Å². The van der Waals surface area contributed by atoms with E-state index >= 15 is 0 Å². The van der Waals surface area contributed by atoms with Gasteiger partial charge in [0.05, 0.1) is 21.9 Å². The summed E-state index contributed by atoms with van der Waals surface area (Å²) in [5.74, 6) is 0. The molecule has 28 heavy (non-hydrogen) atoms. The van der Waals surface area contributed by atoms with Crippen molar-refractivity contribution in [2.75, 3.05) is 0 Å². The van der Waals surface area contributed by atoms with E-state index in [1.807, 2.05) is 0 Å². The summed E-state index contributed by atoms with van der Waals surface area (Å²) >= 11 is 0.